The highest BCUT2D eigenvalue weighted by molar-refractivity contribution is 4.64. The average molecular weight is 203 g/mol. The monoisotopic (exact) mass is 203 g/mol. The fraction of sp³-hybridized carbons (Fsp3) is 1.00. The summed E-state index contributed by atoms with van der Waals surface area (Å²) >= 11 is 0. The van der Waals surface area contributed by atoms with Gasteiger partial charge in [0.05, 0.1) is 6.61 Å². The minimum atomic E-state index is 0.437. The van der Waals surface area contributed by atoms with Crippen molar-refractivity contribution in [3.63, 3.8) is 0 Å². The molecule has 0 radical (unpaired) electrons. The standard InChI is InChI=1S/C11H25NO2/c1-4-6-8-14-9-7-11(10-13-3)12-5-2/h11-12H,4-10H2,1-3H3. The lowest BCUT2D eigenvalue weighted by molar-refractivity contribution is 0.102. The maximum atomic E-state index is 5.50. The van der Waals surface area contributed by atoms with Crippen LogP contribution in [-0.4, -0.2) is 39.5 Å². The summed E-state index contributed by atoms with van der Waals surface area (Å²) < 4.78 is 10.6. The summed E-state index contributed by atoms with van der Waals surface area (Å²) in [7, 11) is 1.74. The third kappa shape index (κ3) is 8.48. The Hall–Kier alpha value is -0.120. The second kappa shape index (κ2) is 11.0. The van der Waals surface area contributed by atoms with Crippen LogP contribution in [0.4, 0.5) is 0 Å². The van der Waals surface area contributed by atoms with E-state index in [-0.39, 0.29) is 0 Å². The van der Waals surface area contributed by atoms with Gasteiger partial charge in [-0.1, -0.05) is 20.3 Å². The molecule has 0 aliphatic heterocycles. The van der Waals surface area contributed by atoms with Crippen LogP contribution in [0.5, 0.6) is 0 Å². The third-order valence-electron chi connectivity index (χ3n) is 2.11. The van der Waals surface area contributed by atoms with Gasteiger partial charge in [-0.05, 0) is 19.4 Å². The van der Waals surface area contributed by atoms with Gasteiger partial charge in [-0.2, -0.15) is 0 Å². The Morgan fingerprint density at radius 1 is 1.21 bits per heavy atom. The van der Waals surface area contributed by atoms with Crippen molar-refractivity contribution in [1.82, 2.24) is 5.32 Å². The highest BCUT2D eigenvalue weighted by Gasteiger charge is 2.05. The van der Waals surface area contributed by atoms with Crippen LogP contribution < -0.4 is 5.32 Å². The van der Waals surface area contributed by atoms with Crippen molar-refractivity contribution in [2.75, 3.05) is 33.5 Å². The Morgan fingerprint density at radius 2 is 2.00 bits per heavy atom. The first-order valence-corrected chi connectivity index (χ1v) is 5.65. The highest BCUT2D eigenvalue weighted by atomic mass is 16.5. The van der Waals surface area contributed by atoms with Crippen molar-refractivity contribution >= 4 is 0 Å². The molecule has 0 bridgehead atoms. The van der Waals surface area contributed by atoms with Gasteiger partial charge < -0.3 is 14.8 Å². The predicted molar refractivity (Wildman–Crippen MR) is 59.7 cm³/mol. The SMILES string of the molecule is CCCCOCCC(COC)NCC. The molecule has 14 heavy (non-hydrogen) atoms. The van der Waals surface area contributed by atoms with E-state index in [0.717, 1.165) is 39.2 Å². The molecule has 0 saturated heterocycles. The minimum absolute atomic E-state index is 0.437. The van der Waals surface area contributed by atoms with Crippen molar-refractivity contribution in [3.8, 4) is 0 Å². The molecule has 0 aromatic rings. The van der Waals surface area contributed by atoms with Gasteiger partial charge in [-0.25, -0.2) is 0 Å². The summed E-state index contributed by atoms with van der Waals surface area (Å²) in [4.78, 5) is 0. The van der Waals surface area contributed by atoms with Crippen LogP contribution in [0.15, 0.2) is 0 Å². The maximum Gasteiger partial charge on any atom is 0.0616 e. The minimum Gasteiger partial charge on any atom is -0.383 e. The van der Waals surface area contributed by atoms with Gasteiger partial charge >= 0.3 is 0 Å². The summed E-state index contributed by atoms with van der Waals surface area (Å²) in [5, 5.41) is 3.37. The van der Waals surface area contributed by atoms with Gasteiger partial charge in [-0.15, -0.1) is 0 Å². The van der Waals surface area contributed by atoms with Crippen molar-refractivity contribution in [2.24, 2.45) is 0 Å². The molecule has 0 heterocycles. The van der Waals surface area contributed by atoms with Crippen LogP contribution in [0.1, 0.15) is 33.1 Å². The molecule has 0 saturated carbocycles. The van der Waals surface area contributed by atoms with E-state index < -0.39 is 0 Å². The molecular weight excluding hydrogens is 178 g/mol. The van der Waals surface area contributed by atoms with E-state index in [4.69, 9.17) is 9.47 Å². The zero-order valence-corrected chi connectivity index (χ0v) is 9.84. The molecule has 0 aliphatic carbocycles. The Balaban J connectivity index is 3.30. The molecule has 0 aromatic heterocycles. The van der Waals surface area contributed by atoms with Crippen LogP contribution in [0.3, 0.4) is 0 Å². The van der Waals surface area contributed by atoms with E-state index in [9.17, 15) is 0 Å². The summed E-state index contributed by atoms with van der Waals surface area (Å²) in [5.41, 5.74) is 0. The third-order valence-corrected chi connectivity index (χ3v) is 2.11. The first-order chi connectivity index (χ1) is 6.85. The van der Waals surface area contributed by atoms with Crippen molar-refractivity contribution in [1.29, 1.82) is 0 Å². The lowest BCUT2D eigenvalue weighted by Crippen LogP contribution is -2.34. The van der Waals surface area contributed by atoms with Gasteiger partial charge in [0.2, 0.25) is 0 Å². The number of hydrogen-bond donors (Lipinski definition) is 1. The zero-order valence-electron chi connectivity index (χ0n) is 9.84. The van der Waals surface area contributed by atoms with E-state index in [1.165, 1.54) is 6.42 Å². The quantitative estimate of drug-likeness (QED) is 0.549. The van der Waals surface area contributed by atoms with Gasteiger partial charge in [0.1, 0.15) is 0 Å². The average Bonchev–Trinajstić information content (AvgIpc) is 2.18. The highest BCUT2D eigenvalue weighted by Crippen LogP contribution is 1.95. The van der Waals surface area contributed by atoms with Crippen LogP contribution in [0, 0.1) is 0 Å². The summed E-state index contributed by atoms with van der Waals surface area (Å²) in [6, 6.07) is 0.437. The molecule has 3 nitrogen and oxygen atoms in total. The number of methoxy groups -OCH3 is 1. The largest absolute Gasteiger partial charge is 0.383 e. The van der Waals surface area contributed by atoms with Gasteiger partial charge in [-0.3, -0.25) is 0 Å². The van der Waals surface area contributed by atoms with E-state index in [1.54, 1.807) is 7.11 Å². The van der Waals surface area contributed by atoms with Crippen molar-refractivity contribution in [2.45, 2.75) is 39.2 Å². The lowest BCUT2D eigenvalue weighted by Gasteiger charge is -2.16. The maximum absolute atomic E-state index is 5.50. The first kappa shape index (κ1) is 13.9. The molecule has 1 N–H and O–H groups in total. The second-order valence-corrected chi connectivity index (χ2v) is 3.46. The van der Waals surface area contributed by atoms with E-state index in [2.05, 4.69) is 19.2 Å². The van der Waals surface area contributed by atoms with Gasteiger partial charge in [0.15, 0.2) is 0 Å². The molecule has 0 fully saturated rings. The number of hydrogen-bond acceptors (Lipinski definition) is 3. The molecule has 1 unspecified atom stereocenters. The summed E-state index contributed by atoms with van der Waals surface area (Å²) in [6.45, 7) is 7.77. The van der Waals surface area contributed by atoms with E-state index >= 15 is 0 Å². The molecule has 0 rings (SSSR count). The van der Waals surface area contributed by atoms with Crippen LogP contribution >= 0.6 is 0 Å². The molecule has 0 spiro atoms. The van der Waals surface area contributed by atoms with E-state index in [0.29, 0.717) is 6.04 Å². The number of ether oxygens (including phenoxy) is 2. The second-order valence-electron chi connectivity index (χ2n) is 3.46. The molecule has 86 valence electrons. The molecule has 3 heteroatoms. The predicted octanol–water partition coefficient (Wildman–Crippen LogP) is 1.82. The van der Waals surface area contributed by atoms with Crippen LogP contribution in [-0.2, 0) is 9.47 Å². The fourth-order valence-corrected chi connectivity index (χ4v) is 1.31. The first-order valence-electron chi connectivity index (χ1n) is 5.65. The molecule has 1 atom stereocenters. The number of rotatable bonds is 10. The lowest BCUT2D eigenvalue weighted by atomic mass is 10.2. The van der Waals surface area contributed by atoms with Crippen LogP contribution in [0.25, 0.3) is 0 Å². The molecule has 0 amide bonds. The summed E-state index contributed by atoms with van der Waals surface area (Å²) in [5.74, 6) is 0. The van der Waals surface area contributed by atoms with E-state index in [1.807, 2.05) is 0 Å². The topological polar surface area (TPSA) is 30.5 Å². The molecule has 0 aliphatic rings. The normalized spacial score (nSPS) is 13.1. The number of unbranched alkanes of at least 4 members (excludes halogenated alkanes) is 1. The summed E-state index contributed by atoms with van der Waals surface area (Å²) in [6.07, 6.45) is 3.40. The van der Waals surface area contributed by atoms with Gasteiger partial charge in [0.25, 0.3) is 0 Å². The smallest absolute Gasteiger partial charge is 0.0616 e. The number of nitrogens with one attached hydrogen (secondary N) is 1. The van der Waals surface area contributed by atoms with Gasteiger partial charge in [0, 0.05) is 26.4 Å². The number of likely N-dealkylation sites (N-methyl/N-ethyl adjacent to an activating group) is 1. The zero-order chi connectivity index (χ0) is 10.6. The Kier molecular flexibility index (Phi) is 10.9. The fourth-order valence-electron chi connectivity index (χ4n) is 1.31. The van der Waals surface area contributed by atoms with Crippen molar-refractivity contribution < 1.29 is 9.47 Å². The molecule has 0 aromatic carbocycles. The van der Waals surface area contributed by atoms with Crippen LogP contribution in [0.2, 0.25) is 0 Å². The van der Waals surface area contributed by atoms with Crippen molar-refractivity contribution in [3.05, 3.63) is 0 Å². The Labute approximate surface area is 88.2 Å². The Morgan fingerprint density at radius 3 is 2.57 bits per heavy atom. The molecular formula is C11H25NO2. The Bertz CT molecular complexity index is 103.